The molecule has 1 amide bonds. The molecule has 0 spiro atoms. The number of benzene rings is 2. The van der Waals surface area contributed by atoms with E-state index in [-0.39, 0.29) is 30.8 Å². The van der Waals surface area contributed by atoms with Crippen molar-refractivity contribution in [3.63, 3.8) is 0 Å². The lowest BCUT2D eigenvalue weighted by Crippen LogP contribution is -2.31. The van der Waals surface area contributed by atoms with E-state index >= 15 is 0 Å². The van der Waals surface area contributed by atoms with E-state index in [1.807, 2.05) is 30.3 Å². The quantitative estimate of drug-likeness (QED) is 0.786. The molecule has 3 nitrogen and oxygen atoms in total. The molecule has 1 heterocycles. The van der Waals surface area contributed by atoms with Crippen molar-refractivity contribution in [3.8, 4) is 0 Å². The minimum absolute atomic E-state index is 0. The molecule has 3 rings (SSSR count). The zero-order valence-electron chi connectivity index (χ0n) is 14.2. The van der Waals surface area contributed by atoms with Gasteiger partial charge < -0.3 is 10.6 Å². The third-order valence-corrected chi connectivity index (χ3v) is 4.79. The Hall–Kier alpha value is -2.12. The Morgan fingerprint density at radius 3 is 2.33 bits per heavy atom. The smallest absolute Gasteiger partial charge is 0.338 e. The van der Waals surface area contributed by atoms with Crippen LogP contribution in [0.15, 0.2) is 48.5 Å². The molecule has 0 unspecified atom stereocenters. The number of nitrogens with two attached hydrogens (primary N) is 1. The summed E-state index contributed by atoms with van der Waals surface area (Å²) in [7, 11) is 0. The average Bonchev–Trinajstić information content (AvgIpc) is 3.05. The van der Waals surface area contributed by atoms with Crippen molar-refractivity contribution in [2.75, 3.05) is 19.6 Å². The molecule has 0 radical (unpaired) electrons. The van der Waals surface area contributed by atoms with Gasteiger partial charge in [0, 0.05) is 19.0 Å². The van der Waals surface area contributed by atoms with Gasteiger partial charge in [0.15, 0.2) is 0 Å². The lowest BCUT2D eigenvalue weighted by Gasteiger charge is -2.18. The number of carbonyl (C=O) groups excluding carboxylic acids is 1. The van der Waals surface area contributed by atoms with Gasteiger partial charge >= 0.3 is 6.18 Å². The SMILES string of the molecule is Cl.NC[C@@H]1CN(C(=O)c2cccc(C(F)(F)F)c2F)C[C@H]1c1ccccc1. The van der Waals surface area contributed by atoms with E-state index < -0.39 is 29.0 Å². The van der Waals surface area contributed by atoms with Crippen molar-refractivity contribution < 1.29 is 22.4 Å². The second-order valence-electron chi connectivity index (χ2n) is 6.39. The van der Waals surface area contributed by atoms with Crippen molar-refractivity contribution in [1.82, 2.24) is 4.90 Å². The van der Waals surface area contributed by atoms with Crippen LogP contribution in [-0.2, 0) is 6.18 Å². The highest BCUT2D eigenvalue weighted by molar-refractivity contribution is 5.95. The third-order valence-electron chi connectivity index (χ3n) is 4.79. The fraction of sp³-hybridized carbons (Fsp3) is 0.316. The molecule has 2 atom stereocenters. The van der Waals surface area contributed by atoms with Gasteiger partial charge in [0.05, 0.1) is 11.1 Å². The summed E-state index contributed by atoms with van der Waals surface area (Å²) in [5, 5.41) is 0. The van der Waals surface area contributed by atoms with Gasteiger partial charge in [0.1, 0.15) is 5.82 Å². The van der Waals surface area contributed by atoms with Gasteiger partial charge in [-0.15, -0.1) is 12.4 Å². The fourth-order valence-corrected chi connectivity index (χ4v) is 3.44. The van der Waals surface area contributed by atoms with Crippen LogP contribution in [0.4, 0.5) is 17.6 Å². The molecule has 2 aromatic rings. The summed E-state index contributed by atoms with van der Waals surface area (Å²) >= 11 is 0. The van der Waals surface area contributed by atoms with Gasteiger partial charge in [-0.1, -0.05) is 36.4 Å². The first-order valence-corrected chi connectivity index (χ1v) is 8.23. The van der Waals surface area contributed by atoms with E-state index in [1.165, 1.54) is 4.90 Å². The van der Waals surface area contributed by atoms with Gasteiger partial charge in [0.2, 0.25) is 0 Å². The molecule has 146 valence electrons. The number of halogens is 5. The summed E-state index contributed by atoms with van der Waals surface area (Å²) < 4.78 is 52.9. The second kappa shape index (κ2) is 8.27. The number of amides is 1. The van der Waals surface area contributed by atoms with E-state index in [9.17, 15) is 22.4 Å². The number of alkyl halides is 3. The summed E-state index contributed by atoms with van der Waals surface area (Å²) in [5.74, 6) is -2.34. The highest BCUT2D eigenvalue weighted by Gasteiger charge is 2.39. The van der Waals surface area contributed by atoms with Crippen LogP contribution in [0.25, 0.3) is 0 Å². The molecule has 2 N–H and O–H groups in total. The molecule has 1 saturated heterocycles. The highest BCUT2D eigenvalue weighted by atomic mass is 35.5. The maximum atomic E-state index is 14.3. The van der Waals surface area contributed by atoms with Crippen LogP contribution in [0, 0.1) is 11.7 Å². The highest BCUT2D eigenvalue weighted by Crippen LogP contribution is 2.35. The Morgan fingerprint density at radius 2 is 1.74 bits per heavy atom. The van der Waals surface area contributed by atoms with Gasteiger partial charge in [-0.25, -0.2) is 4.39 Å². The first-order chi connectivity index (χ1) is 12.3. The van der Waals surface area contributed by atoms with E-state index in [1.54, 1.807) is 0 Å². The van der Waals surface area contributed by atoms with Crippen molar-refractivity contribution in [3.05, 3.63) is 71.0 Å². The molecular formula is C19H19ClF4N2O. The number of hydrogen-bond acceptors (Lipinski definition) is 2. The predicted octanol–water partition coefficient (Wildman–Crippen LogP) is 4.08. The Balaban J connectivity index is 0.00000261. The van der Waals surface area contributed by atoms with Gasteiger partial charge in [-0.2, -0.15) is 13.2 Å². The van der Waals surface area contributed by atoms with Crippen LogP contribution in [-0.4, -0.2) is 30.4 Å². The fourth-order valence-electron chi connectivity index (χ4n) is 3.44. The van der Waals surface area contributed by atoms with E-state index in [0.717, 1.165) is 17.7 Å². The number of rotatable bonds is 3. The molecule has 0 aliphatic carbocycles. The molecular weight excluding hydrogens is 384 g/mol. The van der Waals surface area contributed by atoms with Crippen LogP contribution in [0.5, 0.6) is 0 Å². The second-order valence-corrected chi connectivity index (χ2v) is 6.39. The minimum Gasteiger partial charge on any atom is -0.338 e. The molecule has 0 aromatic heterocycles. The summed E-state index contributed by atoms with van der Waals surface area (Å²) in [6.45, 7) is 0.902. The van der Waals surface area contributed by atoms with Gasteiger partial charge in [-0.05, 0) is 30.2 Å². The molecule has 1 aliphatic rings. The first-order valence-electron chi connectivity index (χ1n) is 8.23. The number of carbonyl (C=O) groups is 1. The zero-order chi connectivity index (χ0) is 18.9. The topological polar surface area (TPSA) is 46.3 Å². The lowest BCUT2D eigenvalue weighted by molar-refractivity contribution is -0.140. The first kappa shape index (κ1) is 21.2. The zero-order valence-corrected chi connectivity index (χ0v) is 15.1. The average molecular weight is 403 g/mol. The number of nitrogens with zero attached hydrogens (tertiary/aromatic N) is 1. The normalized spacial score (nSPS) is 19.7. The van der Waals surface area contributed by atoms with Crippen LogP contribution in [0.1, 0.15) is 27.4 Å². The maximum absolute atomic E-state index is 14.3. The predicted molar refractivity (Wildman–Crippen MR) is 96.3 cm³/mol. The Bertz CT molecular complexity index is 798. The van der Waals surface area contributed by atoms with E-state index in [2.05, 4.69) is 0 Å². The van der Waals surface area contributed by atoms with Crippen LogP contribution >= 0.6 is 12.4 Å². The van der Waals surface area contributed by atoms with Crippen LogP contribution in [0.2, 0.25) is 0 Å². The molecule has 0 bridgehead atoms. The summed E-state index contributed by atoms with van der Waals surface area (Å²) in [6, 6.07) is 12.2. The van der Waals surface area contributed by atoms with Crippen molar-refractivity contribution in [1.29, 1.82) is 0 Å². The molecule has 1 aliphatic heterocycles. The monoisotopic (exact) mass is 402 g/mol. The summed E-state index contributed by atoms with van der Waals surface area (Å²) in [6.07, 6.45) is -4.85. The van der Waals surface area contributed by atoms with E-state index in [0.29, 0.717) is 19.2 Å². The van der Waals surface area contributed by atoms with Crippen LogP contribution < -0.4 is 5.73 Å². The Labute approximate surface area is 160 Å². The minimum atomic E-state index is -4.85. The van der Waals surface area contributed by atoms with Gasteiger partial charge in [-0.3, -0.25) is 4.79 Å². The maximum Gasteiger partial charge on any atom is 0.419 e. The standard InChI is InChI=1S/C19H18F4N2O.ClH/c20-17-14(7-4-8-16(17)19(21,22)23)18(26)25-10-13(9-24)15(11-25)12-5-2-1-3-6-12;/h1-8,13,15H,9-11,24H2;1H/t13-,15+;/m1./s1. The molecule has 27 heavy (non-hydrogen) atoms. The largest absolute Gasteiger partial charge is 0.419 e. The summed E-state index contributed by atoms with van der Waals surface area (Å²) in [4.78, 5) is 14.0. The molecule has 2 aromatic carbocycles. The molecule has 8 heteroatoms. The Kier molecular flexibility index (Phi) is 6.49. The van der Waals surface area contributed by atoms with Crippen molar-refractivity contribution >= 4 is 18.3 Å². The lowest BCUT2D eigenvalue weighted by atomic mass is 9.89. The number of likely N-dealkylation sites (tertiary alicyclic amines) is 1. The summed E-state index contributed by atoms with van der Waals surface area (Å²) in [5.41, 5.74) is 4.82. The van der Waals surface area contributed by atoms with E-state index in [4.69, 9.17) is 5.73 Å². The molecule has 0 saturated carbocycles. The van der Waals surface area contributed by atoms with Crippen molar-refractivity contribution in [2.45, 2.75) is 12.1 Å². The van der Waals surface area contributed by atoms with Gasteiger partial charge in [0.25, 0.3) is 5.91 Å². The van der Waals surface area contributed by atoms with Crippen LogP contribution in [0.3, 0.4) is 0 Å². The number of hydrogen-bond donors (Lipinski definition) is 1. The molecule has 1 fully saturated rings. The Morgan fingerprint density at radius 1 is 1.07 bits per heavy atom. The van der Waals surface area contributed by atoms with Crippen molar-refractivity contribution in [2.24, 2.45) is 11.7 Å². The third kappa shape index (κ3) is 4.25.